The fraction of sp³-hybridized carbons (Fsp3) is 0.150. The van der Waals surface area contributed by atoms with E-state index < -0.39 is 20.7 Å². The Bertz CT molecular complexity index is 1390. The Hall–Kier alpha value is -3.93. The van der Waals surface area contributed by atoms with Crippen molar-refractivity contribution in [1.29, 1.82) is 0 Å². The van der Waals surface area contributed by atoms with Crippen LogP contribution in [0.2, 0.25) is 0 Å². The Labute approximate surface area is 182 Å². The van der Waals surface area contributed by atoms with Crippen LogP contribution in [-0.2, 0) is 10.0 Å². The van der Waals surface area contributed by atoms with Gasteiger partial charge in [-0.1, -0.05) is 0 Å². The van der Waals surface area contributed by atoms with Crippen LogP contribution in [0.5, 0.6) is 11.6 Å². The summed E-state index contributed by atoms with van der Waals surface area (Å²) in [5, 5.41) is 7.18. The SMILES string of the molecule is CCOc1nc(-c2ccc(NS(=O)(=O)c3cc(OC)ccc3F)cc2)nc2n[nH]c(N)c12. The maximum Gasteiger partial charge on any atom is 0.264 e. The lowest BCUT2D eigenvalue weighted by Crippen LogP contribution is -2.14. The molecule has 2 heterocycles. The number of methoxy groups -OCH3 is 1. The van der Waals surface area contributed by atoms with Crippen molar-refractivity contribution < 1.29 is 22.3 Å². The third-order valence-corrected chi connectivity index (χ3v) is 5.91. The molecule has 0 radical (unpaired) electrons. The van der Waals surface area contributed by atoms with Gasteiger partial charge in [0, 0.05) is 17.3 Å². The molecule has 166 valence electrons. The van der Waals surface area contributed by atoms with Gasteiger partial charge in [0.1, 0.15) is 27.7 Å². The number of fused-ring (bicyclic) bond motifs is 1. The van der Waals surface area contributed by atoms with Crippen LogP contribution >= 0.6 is 0 Å². The minimum atomic E-state index is -4.18. The molecule has 10 nitrogen and oxygen atoms in total. The van der Waals surface area contributed by atoms with Crippen LogP contribution in [0, 0.1) is 5.82 Å². The first-order chi connectivity index (χ1) is 15.3. The molecule has 0 unspecified atom stereocenters. The summed E-state index contributed by atoms with van der Waals surface area (Å²) in [5.41, 5.74) is 7.03. The van der Waals surface area contributed by atoms with Crippen molar-refractivity contribution in [2.24, 2.45) is 0 Å². The van der Waals surface area contributed by atoms with Crippen molar-refractivity contribution in [2.75, 3.05) is 24.2 Å². The largest absolute Gasteiger partial charge is 0.497 e. The first-order valence-electron chi connectivity index (χ1n) is 9.43. The Kier molecular flexibility index (Phi) is 5.53. The first kappa shape index (κ1) is 21.3. The summed E-state index contributed by atoms with van der Waals surface area (Å²) in [6.45, 7) is 2.19. The number of halogens is 1. The van der Waals surface area contributed by atoms with Gasteiger partial charge in [-0.05, 0) is 43.3 Å². The number of aromatic nitrogens is 4. The van der Waals surface area contributed by atoms with Crippen LogP contribution in [0.25, 0.3) is 22.4 Å². The molecule has 32 heavy (non-hydrogen) atoms. The number of nitrogen functional groups attached to an aromatic ring is 1. The number of anilines is 2. The van der Waals surface area contributed by atoms with Crippen LogP contribution in [0.1, 0.15) is 6.92 Å². The normalized spacial score (nSPS) is 11.5. The molecule has 0 aliphatic heterocycles. The van der Waals surface area contributed by atoms with Crippen molar-refractivity contribution in [2.45, 2.75) is 11.8 Å². The van der Waals surface area contributed by atoms with Gasteiger partial charge in [0.05, 0.1) is 13.7 Å². The number of H-pyrrole nitrogens is 1. The summed E-state index contributed by atoms with van der Waals surface area (Å²) in [6.07, 6.45) is 0. The van der Waals surface area contributed by atoms with E-state index in [9.17, 15) is 12.8 Å². The Morgan fingerprint density at radius 3 is 2.59 bits per heavy atom. The van der Waals surface area contributed by atoms with Gasteiger partial charge in [-0.25, -0.2) is 17.8 Å². The van der Waals surface area contributed by atoms with Crippen molar-refractivity contribution >= 4 is 32.6 Å². The first-order valence-corrected chi connectivity index (χ1v) is 10.9. The molecule has 0 amide bonds. The van der Waals surface area contributed by atoms with E-state index in [0.717, 1.165) is 12.1 Å². The van der Waals surface area contributed by atoms with E-state index >= 15 is 0 Å². The Morgan fingerprint density at radius 2 is 1.91 bits per heavy atom. The summed E-state index contributed by atoms with van der Waals surface area (Å²) >= 11 is 0. The maximum absolute atomic E-state index is 14.1. The number of nitrogens with one attached hydrogen (secondary N) is 2. The summed E-state index contributed by atoms with van der Waals surface area (Å²) < 4.78 is 52.3. The van der Waals surface area contributed by atoms with E-state index in [4.69, 9.17) is 15.2 Å². The molecule has 4 aromatic rings. The number of aromatic amines is 1. The average molecular weight is 458 g/mol. The quantitative estimate of drug-likeness (QED) is 0.383. The second-order valence-corrected chi connectivity index (χ2v) is 8.25. The van der Waals surface area contributed by atoms with Gasteiger partial charge in [0.15, 0.2) is 11.5 Å². The lowest BCUT2D eigenvalue weighted by atomic mass is 10.2. The van der Waals surface area contributed by atoms with Crippen molar-refractivity contribution in [3.05, 3.63) is 48.3 Å². The molecule has 0 saturated heterocycles. The fourth-order valence-electron chi connectivity index (χ4n) is 3.00. The summed E-state index contributed by atoms with van der Waals surface area (Å²) in [6, 6.07) is 9.74. The maximum atomic E-state index is 14.1. The second kappa shape index (κ2) is 8.30. The highest BCUT2D eigenvalue weighted by Crippen LogP contribution is 2.30. The predicted octanol–water partition coefficient (Wildman–Crippen LogP) is 2.95. The van der Waals surface area contributed by atoms with Gasteiger partial charge in [0.25, 0.3) is 10.0 Å². The van der Waals surface area contributed by atoms with Crippen molar-refractivity contribution in [1.82, 2.24) is 20.2 Å². The summed E-state index contributed by atoms with van der Waals surface area (Å²) in [5.74, 6) is 0.236. The molecule has 4 N–H and O–H groups in total. The number of ether oxygens (including phenoxy) is 2. The number of hydrogen-bond donors (Lipinski definition) is 3. The zero-order valence-electron chi connectivity index (χ0n) is 17.1. The van der Waals surface area contributed by atoms with Crippen molar-refractivity contribution in [3.8, 4) is 23.0 Å². The molecular weight excluding hydrogens is 439 g/mol. The topological polar surface area (TPSA) is 145 Å². The molecule has 0 atom stereocenters. The number of benzene rings is 2. The highest BCUT2D eigenvalue weighted by Gasteiger charge is 2.21. The van der Waals surface area contributed by atoms with Crippen LogP contribution in [0.15, 0.2) is 47.4 Å². The lowest BCUT2D eigenvalue weighted by Gasteiger charge is -2.11. The van der Waals surface area contributed by atoms with Crippen molar-refractivity contribution in [3.63, 3.8) is 0 Å². The smallest absolute Gasteiger partial charge is 0.264 e. The number of hydrogen-bond acceptors (Lipinski definition) is 8. The van der Waals surface area contributed by atoms with E-state index in [1.165, 1.54) is 25.3 Å². The summed E-state index contributed by atoms with van der Waals surface area (Å²) in [7, 11) is -2.81. The van der Waals surface area contributed by atoms with E-state index in [0.29, 0.717) is 34.8 Å². The van der Waals surface area contributed by atoms with E-state index in [-0.39, 0.29) is 17.3 Å². The molecule has 0 bridgehead atoms. The molecule has 2 aromatic heterocycles. The predicted molar refractivity (Wildman–Crippen MR) is 116 cm³/mol. The monoisotopic (exact) mass is 458 g/mol. The second-order valence-electron chi connectivity index (χ2n) is 6.60. The Balaban J connectivity index is 1.64. The van der Waals surface area contributed by atoms with Gasteiger partial charge in [-0.15, -0.1) is 0 Å². The van der Waals surface area contributed by atoms with E-state index in [2.05, 4.69) is 24.9 Å². The molecule has 4 rings (SSSR count). The zero-order valence-corrected chi connectivity index (χ0v) is 17.9. The van der Waals surface area contributed by atoms with Crippen LogP contribution < -0.4 is 19.9 Å². The summed E-state index contributed by atoms with van der Waals surface area (Å²) in [4.78, 5) is 8.26. The molecule has 0 fully saturated rings. The molecule has 0 aliphatic carbocycles. The van der Waals surface area contributed by atoms with Gasteiger partial charge < -0.3 is 15.2 Å². The highest BCUT2D eigenvalue weighted by atomic mass is 32.2. The number of nitrogens with zero attached hydrogens (tertiary/aromatic N) is 3. The molecule has 2 aromatic carbocycles. The molecule has 0 aliphatic rings. The minimum absolute atomic E-state index is 0.221. The third kappa shape index (κ3) is 3.99. The van der Waals surface area contributed by atoms with Crippen LogP contribution in [0.4, 0.5) is 15.9 Å². The van der Waals surface area contributed by atoms with Crippen LogP contribution in [-0.4, -0.2) is 42.3 Å². The van der Waals surface area contributed by atoms with Gasteiger partial charge >= 0.3 is 0 Å². The third-order valence-electron chi connectivity index (χ3n) is 4.51. The standard InChI is InChI=1S/C20H19FN6O4S/c1-3-31-20-16-17(22)25-26-19(16)23-18(24-20)11-4-6-12(7-5-11)27-32(28,29)15-10-13(30-2)8-9-14(15)21/h4-10,27H,3H2,1-2H3,(H3,22,23,24,25,26). The fourth-order valence-corrected chi connectivity index (χ4v) is 4.15. The number of sulfonamides is 1. The van der Waals surface area contributed by atoms with Gasteiger partial charge in [0.2, 0.25) is 5.88 Å². The lowest BCUT2D eigenvalue weighted by molar-refractivity contribution is 0.331. The molecule has 12 heteroatoms. The highest BCUT2D eigenvalue weighted by molar-refractivity contribution is 7.92. The molecule has 0 spiro atoms. The zero-order chi connectivity index (χ0) is 22.9. The van der Waals surface area contributed by atoms with E-state index in [1.807, 2.05) is 6.92 Å². The Morgan fingerprint density at radius 1 is 1.16 bits per heavy atom. The van der Waals surface area contributed by atoms with Gasteiger partial charge in [-0.2, -0.15) is 10.1 Å². The van der Waals surface area contributed by atoms with E-state index in [1.54, 1.807) is 12.1 Å². The molecule has 0 saturated carbocycles. The van der Waals surface area contributed by atoms with Gasteiger partial charge in [-0.3, -0.25) is 9.82 Å². The number of nitrogens with two attached hydrogens (primary N) is 1. The average Bonchev–Trinajstić information content (AvgIpc) is 3.15. The number of rotatable bonds is 7. The minimum Gasteiger partial charge on any atom is -0.497 e. The molecular formula is C20H19FN6O4S. The van der Waals surface area contributed by atoms with Crippen LogP contribution in [0.3, 0.4) is 0 Å².